The summed E-state index contributed by atoms with van der Waals surface area (Å²) in [5.74, 6) is 1.36. The van der Waals surface area contributed by atoms with Crippen LogP contribution in [0.4, 0.5) is 0 Å². The maximum absolute atomic E-state index is 5.06. The molecular formula is C34H35N3. The van der Waals surface area contributed by atoms with Crippen molar-refractivity contribution in [1.29, 1.82) is 0 Å². The van der Waals surface area contributed by atoms with Gasteiger partial charge in [0, 0.05) is 16.5 Å². The highest BCUT2D eigenvalue weighted by Crippen LogP contribution is 2.41. The van der Waals surface area contributed by atoms with Crippen molar-refractivity contribution >= 4 is 38.5 Å². The van der Waals surface area contributed by atoms with Gasteiger partial charge >= 0.3 is 0 Å². The summed E-state index contributed by atoms with van der Waals surface area (Å²) in [5.41, 5.74) is 13.2. The highest BCUT2D eigenvalue weighted by Gasteiger charge is 2.21. The van der Waals surface area contributed by atoms with Crippen LogP contribution in [-0.2, 0) is 0 Å². The Balaban J connectivity index is 1.76. The fourth-order valence-corrected chi connectivity index (χ4v) is 5.76. The molecule has 0 saturated heterocycles. The standard InChI is InChI=1S/C34H35N3/c1-19(2)24-17-26(20(3)4)32(27(18-24)21(5)6)23-13-15-30-28(16-23)33-25(14-12-22(7)35-33)34-36-29-10-8-9-11-31(29)37(30)34/h8-21H,1-7H3. The largest absolute Gasteiger partial charge is 0.292 e. The van der Waals surface area contributed by atoms with Crippen molar-refractivity contribution in [3.63, 3.8) is 0 Å². The Morgan fingerprint density at radius 1 is 0.649 bits per heavy atom. The molecule has 0 amide bonds. The van der Waals surface area contributed by atoms with Gasteiger partial charge in [0.05, 0.1) is 22.1 Å². The molecule has 186 valence electrons. The van der Waals surface area contributed by atoms with Crippen LogP contribution >= 0.6 is 0 Å². The number of pyridine rings is 2. The molecule has 0 saturated carbocycles. The molecular weight excluding hydrogens is 450 g/mol. The second-order valence-corrected chi connectivity index (χ2v) is 11.4. The van der Waals surface area contributed by atoms with E-state index in [0.717, 1.165) is 38.8 Å². The molecule has 0 spiro atoms. The van der Waals surface area contributed by atoms with Gasteiger partial charge in [-0.2, -0.15) is 0 Å². The van der Waals surface area contributed by atoms with Gasteiger partial charge in [-0.15, -0.1) is 0 Å². The lowest BCUT2D eigenvalue weighted by molar-refractivity contribution is 0.807. The molecule has 37 heavy (non-hydrogen) atoms. The highest BCUT2D eigenvalue weighted by atomic mass is 15.0. The third-order valence-electron chi connectivity index (χ3n) is 7.75. The minimum Gasteiger partial charge on any atom is -0.292 e. The molecule has 3 aromatic carbocycles. The molecule has 0 bridgehead atoms. The fourth-order valence-electron chi connectivity index (χ4n) is 5.76. The summed E-state index contributed by atoms with van der Waals surface area (Å²) in [6.07, 6.45) is 0. The molecule has 0 fully saturated rings. The first-order valence-electron chi connectivity index (χ1n) is 13.5. The number of fused-ring (bicyclic) bond motifs is 8. The number of aromatic nitrogens is 3. The third-order valence-corrected chi connectivity index (χ3v) is 7.75. The monoisotopic (exact) mass is 485 g/mol. The van der Waals surface area contributed by atoms with Crippen LogP contribution in [0.2, 0.25) is 0 Å². The minimum absolute atomic E-state index is 0.430. The van der Waals surface area contributed by atoms with Crippen LogP contribution in [0, 0.1) is 6.92 Å². The van der Waals surface area contributed by atoms with Crippen molar-refractivity contribution in [2.75, 3.05) is 0 Å². The molecule has 0 N–H and O–H groups in total. The number of para-hydroxylation sites is 2. The van der Waals surface area contributed by atoms with Crippen molar-refractivity contribution in [1.82, 2.24) is 14.4 Å². The van der Waals surface area contributed by atoms with Gasteiger partial charge < -0.3 is 0 Å². The Morgan fingerprint density at radius 2 is 1.35 bits per heavy atom. The van der Waals surface area contributed by atoms with Gasteiger partial charge in [-0.1, -0.05) is 71.9 Å². The van der Waals surface area contributed by atoms with Crippen LogP contribution in [-0.4, -0.2) is 14.4 Å². The first kappa shape index (κ1) is 23.7. The van der Waals surface area contributed by atoms with E-state index in [2.05, 4.69) is 120 Å². The van der Waals surface area contributed by atoms with E-state index in [-0.39, 0.29) is 0 Å². The normalized spacial score (nSPS) is 12.4. The second kappa shape index (κ2) is 8.69. The van der Waals surface area contributed by atoms with E-state index < -0.39 is 0 Å². The van der Waals surface area contributed by atoms with Crippen molar-refractivity contribution in [3.8, 4) is 11.1 Å². The third kappa shape index (κ3) is 3.71. The summed E-state index contributed by atoms with van der Waals surface area (Å²) in [6.45, 7) is 15.9. The van der Waals surface area contributed by atoms with Gasteiger partial charge in [0.15, 0.2) is 0 Å². The minimum atomic E-state index is 0.430. The van der Waals surface area contributed by atoms with Crippen LogP contribution in [0.1, 0.15) is 81.7 Å². The Hall–Kier alpha value is -3.72. The van der Waals surface area contributed by atoms with E-state index in [1.165, 1.54) is 33.2 Å². The van der Waals surface area contributed by atoms with Gasteiger partial charge in [-0.25, -0.2) is 4.98 Å². The lowest BCUT2D eigenvalue weighted by atomic mass is 9.81. The number of imidazole rings is 1. The summed E-state index contributed by atoms with van der Waals surface area (Å²) >= 11 is 0. The summed E-state index contributed by atoms with van der Waals surface area (Å²) in [4.78, 5) is 10.1. The number of benzene rings is 3. The van der Waals surface area contributed by atoms with E-state index >= 15 is 0 Å². The van der Waals surface area contributed by atoms with E-state index in [0.29, 0.717) is 17.8 Å². The quantitative estimate of drug-likeness (QED) is 0.233. The number of hydrogen-bond acceptors (Lipinski definition) is 2. The van der Waals surface area contributed by atoms with Crippen molar-refractivity contribution in [2.24, 2.45) is 0 Å². The zero-order valence-electron chi connectivity index (χ0n) is 22.9. The van der Waals surface area contributed by atoms with Gasteiger partial charge in [-0.05, 0) is 88.9 Å². The first-order chi connectivity index (χ1) is 17.7. The lowest BCUT2D eigenvalue weighted by Gasteiger charge is -2.23. The molecule has 0 unspecified atom stereocenters. The van der Waals surface area contributed by atoms with Crippen molar-refractivity contribution in [3.05, 3.63) is 89.1 Å². The average molecular weight is 486 g/mol. The van der Waals surface area contributed by atoms with Gasteiger partial charge in [-0.3, -0.25) is 9.38 Å². The zero-order valence-corrected chi connectivity index (χ0v) is 22.9. The van der Waals surface area contributed by atoms with E-state index in [1.807, 2.05) is 0 Å². The predicted octanol–water partition coefficient (Wildman–Crippen LogP) is 9.53. The molecule has 3 heterocycles. The van der Waals surface area contributed by atoms with Crippen LogP contribution < -0.4 is 0 Å². The molecule has 6 aromatic rings. The van der Waals surface area contributed by atoms with Crippen LogP contribution in [0.3, 0.4) is 0 Å². The van der Waals surface area contributed by atoms with Crippen LogP contribution in [0.25, 0.3) is 49.6 Å². The number of nitrogens with zero attached hydrogens (tertiary/aromatic N) is 3. The molecule has 0 aliphatic rings. The molecule has 3 heteroatoms. The van der Waals surface area contributed by atoms with E-state index in [1.54, 1.807) is 0 Å². The fraction of sp³-hybridized carbons (Fsp3) is 0.294. The number of hydrogen-bond donors (Lipinski definition) is 0. The first-order valence-corrected chi connectivity index (χ1v) is 13.5. The topological polar surface area (TPSA) is 30.2 Å². The van der Waals surface area contributed by atoms with Gasteiger partial charge in [0.1, 0.15) is 5.65 Å². The smallest absolute Gasteiger partial charge is 0.147 e. The molecule has 0 radical (unpaired) electrons. The summed E-state index contributed by atoms with van der Waals surface area (Å²) in [7, 11) is 0. The Bertz CT molecular complexity index is 1790. The SMILES string of the molecule is Cc1ccc2c(n1)c1cc(-c3c(C(C)C)cc(C(C)C)cc3C(C)C)ccc1n1c3ccccc3nc21. The summed E-state index contributed by atoms with van der Waals surface area (Å²) in [5, 5.41) is 2.26. The van der Waals surface area contributed by atoms with Gasteiger partial charge in [0.2, 0.25) is 0 Å². The van der Waals surface area contributed by atoms with Crippen LogP contribution in [0.5, 0.6) is 0 Å². The predicted molar refractivity (Wildman–Crippen MR) is 158 cm³/mol. The maximum Gasteiger partial charge on any atom is 0.147 e. The highest BCUT2D eigenvalue weighted by molar-refractivity contribution is 6.13. The average Bonchev–Trinajstić information content (AvgIpc) is 3.27. The van der Waals surface area contributed by atoms with Crippen molar-refractivity contribution < 1.29 is 0 Å². The number of rotatable bonds is 4. The summed E-state index contributed by atoms with van der Waals surface area (Å²) < 4.78 is 2.31. The Morgan fingerprint density at radius 3 is 2.03 bits per heavy atom. The van der Waals surface area contributed by atoms with Gasteiger partial charge in [0.25, 0.3) is 0 Å². The summed E-state index contributed by atoms with van der Waals surface area (Å²) in [6, 6.07) is 24.5. The zero-order chi connectivity index (χ0) is 26.0. The molecule has 0 atom stereocenters. The van der Waals surface area contributed by atoms with E-state index in [9.17, 15) is 0 Å². The maximum atomic E-state index is 5.06. The van der Waals surface area contributed by atoms with E-state index in [4.69, 9.17) is 9.97 Å². The second-order valence-electron chi connectivity index (χ2n) is 11.4. The van der Waals surface area contributed by atoms with Crippen LogP contribution in [0.15, 0.2) is 66.7 Å². The molecule has 3 aromatic heterocycles. The lowest BCUT2D eigenvalue weighted by Crippen LogP contribution is -2.04. The van der Waals surface area contributed by atoms with Crippen molar-refractivity contribution in [2.45, 2.75) is 66.2 Å². The molecule has 0 aliphatic carbocycles. The Kier molecular flexibility index (Phi) is 5.56. The molecule has 3 nitrogen and oxygen atoms in total. The number of aryl methyl sites for hydroxylation is 1. The molecule has 0 aliphatic heterocycles. The Labute approximate surface area is 219 Å². The molecule has 6 rings (SSSR count).